The average Bonchev–Trinajstić information content (AvgIpc) is 2.37. The van der Waals surface area contributed by atoms with E-state index >= 15 is 0 Å². The zero-order valence-electron chi connectivity index (χ0n) is 11.5. The number of anilines is 1. The van der Waals surface area contributed by atoms with Gasteiger partial charge in [-0.3, -0.25) is 4.98 Å². The van der Waals surface area contributed by atoms with Crippen LogP contribution in [0.1, 0.15) is 44.6 Å². The van der Waals surface area contributed by atoms with Gasteiger partial charge in [0.15, 0.2) is 0 Å². The first kappa shape index (κ1) is 13.3. The van der Waals surface area contributed by atoms with E-state index in [1.807, 2.05) is 12.4 Å². The van der Waals surface area contributed by atoms with Gasteiger partial charge in [-0.25, -0.2) is 0 Å². The summed E-state index contributed by atoms with van der Waals surface area (Å²) < 4.78 is 0. The summed E-state index contributed by atoms with van der Waals surface area (Å²) in [6, 6.07) is 2.15. The highest BCUT2D eigenvalue weighted by Gasteiger charge is 2.12. The van der Waals surface area contributed by atoms with E-state index in [0.717, 1.165) is 13.1 Å². The molecular formula is C15H25N3. The van der Waals surface area contributed by atoms with Gasteiger partial charge in [-0.1, -0.05) is 26.2 Å². The zero-order chi connectivity index (χ0) is 12.6. The van der Waals surface area contributed by atoms with Gasteiger partial charge < -0.3 is 10.2 Å². The van der Waals surface area contributed by atoms with Crippen molar-refractivity contribution in [3.8, 4) is 0 Å². The molecule has 2 rings (SSSR count). The quantitative estimate of drug-likeness (QED) is 0.886. The van der Waals surface area contributed by atoms with E-state index < -0.39 is 0 Å². The van der Waals surface area contributed by atoms with Crippen molar-refractivity contribution < 1.29 is 0 Å². The minimum atomic E-state index is 0.949. The predicted molar refractivity (Wildman–Crippen MR) is 76.9 cm³/mol. The summed E-state index contributed by atoms with van der Waals surface area (Å²) in [4.78, 5) is 6.84. The Labute approximate surface area is 111 Å². The Hall–Kier alpha value is -1.09. The van der Waals surface area contributed by atoms with Crippen LogP contribution < -0.4 is 10.2 Å². The lowest BCUT2D eigenvalue weighted by atomic mass is 10.1. The van der Waals surface area contributed by atoms with Crippen molar-refractivity contribution in [3.63, 3.8) is 0 Å². The number of pyridine rings is 1. The highest BCUT2D eigenvalue weighted by atomic mass is 15.1. The van der Waals surface area contributed by atoms with Gasteiger partial charge in [-0.2, -0.15) is 0 Å². The summed E-state index contributed by atoms with van der Waals surface area (Å²) in [5, 5.41) is 3.42. The first-order valence-electron chi connectivity index (χ1n) is 7.30. The van der Waals surface area contributed by atoms with Gasteiger partial charge in [0, 0.05) is 25.8 Å². The van der Waals surface area contributed by atoms with Gasteiger partial charge in [0.25, 0.3) is 0 Å². The lowest BCUT2D eigenvalue weighted by Gasteiger charge is -2.28. The van der Waals surface area contributed by atoms with Gasteiger partial charge in [0.2, 0.25) is 0 Å². The number of rotatable bonds is 4. The highest BCUT2D eigenvalue weighted by molar-refractivity contribution is 5.51. The fourth-order valence-corrected chi connectivity index (χ4v) is 2.60. The summed E-state index contributed by atoms with van der Waals surface area (Å²) in [6.07, 6.45) is 10.7. The zero-order valence-corrected chi connectivity index (χ0v) is 11.5. The third kappa shape index (κ3) is 3.70. The van der Waals surface area contributed by atoms with Crippen LogP contribution in [0.5, 0.6) is 0 Å². The molecule has 1 aromatic heterocycles. The SMILES string of the molecule is CCNCc1ccncc1N1CCCCCCC1. The van der Waals surface area contributed by atoms with E-state index in [0.29, 0.717) is 0 Å². The second-order valence-electron chi connectivity index (χ2n) is 5.04. The van der Waals surface area contributed by atoms with Crippen molar-refractivity contribution in [3.05, 3.63) is 24.0 Å². The Bertz CT molecular complexity index is 343. The van der Waals surface area contributed by atoms with Gasteiger partial charge in [-0.05, 0) is 31.0 Å². The van der Waals surface area contributed by atoms with Gasteiger partial charge in [-0.15, -0.1) is 0 Å². The monoisotopic (exact) mass is 247 g/mol. The molecule has 0 amide bonds. The molecule has 18 heavy (non-hydrogen) atoms. The molecule has 1 aliphatic rings. The third-order valence-electron chi connectivity index (χ3n) is 3.65. The van der Waals surface area contributed by atoms with Crippen molar-refractivity contribution in [2.24, 2.45) is 0 Å². The van der Waals surface area contributed by atoms with Gasteiger partial charge in [0.1, 0.15) is 0 Å². The molecular weight excluding hydrogens is 222 g/mol. The number of hydrogen-bond donors (Lipinski definition) is 1. The minimum Gasteiger partial charge on any atom is -0.370 e. The van der Waals surface area contributed by atoms with Crippen LogP contribution in [0.4, 0.5) is 5.69 Å². The lowest BCUT2D eigenvalue weighted by molar-refractivity contribution is 0.554. The maximum Gasteiger partial charge on any atom is 0.0598 e. The summed E-state index contributed by atoms with van der Waals surface area (Å²) in [5.74, 6) is 0. The second kappa shape index (κ2) is 7.37. The lowest BCUT2D eigenvalue weighted by Crippen LogP contribution is -2.29. The number of nitrogens with zero attached hydrogens (tertiary/aromatic N) is 2. The molecule has 0 spiro atoms. The number of aromatic nitrogens is 1. The topological polar surface area (TPSA) is 28.2 Å². The molecule has 3 nitrogen and oxygen atoms in total. The van der Waals surface area contributed by atoms with Crippen molar-refractivity contribution in [2.45, 2.75) is 45.6 Å². The maximum atomic E-state index is 4.31. The van der Waals surface area contributed by atoms with Gasteiger partial charge >= 0.3 is 0 Å². The largest absolute Gasteiger partial charge is 0.370 e. The van der Waals surface area contributed by atoms with Crippen molar-refractivity contribution in [1.82, 2.24) is 10.3 Å². The van der Waals surface area contributed by atoms with E-state index in [1.54, 1.807) is 0 Å². The Morgan fingerprint density at radius 1 is 1.17 bits per heavy atom. The van der Waals surface area contributed by atoms with E-state index in [4.69, 9.17) is 0 Å². The maximum absolute atomic E-state index is 4.31. The average molecular weight is 247 g/mol. The molecule has 0 aliphatic carbocycles. The molecule has 1 aromatic rings. The van der Waals surface area contributed by atoms with Gasteiger partial charge in [0.05, 0.1) is 11.9 Å². The van der Waals surface area contributed by atoms with Crippen LogP contribution in [-0.4, -0.2) is 24.6 Å². The molecule has 1 N–H and O–H groups in total. The fraction of sp³-hybridized carbons (Fsp3) is 0.667. The normalized spacial score (nSPS) is 17.3. The summed E-state index contributed by atoms with van der Waals surface area (Å²) >= 11 is 0. The van der Waals surface area contributed by atoms with Crippen LogP contribution in [0.15, 0.2) is 18.5 Å². The van der Waals surface area contributed by atoms with Crippen LogP contribution in [0.3, 0.4) is 0 Å². The summed E-state index contributed by atoms with van der Waals surface area (Å²) in [7, 11) is 0. The standard InChI is InChI=1S/C15H25N3/c1-2-16-12-14-8-9-17-13-15(14)18-10-6-4-3-5-7-11-18/h8-9,13,16H,2-7,10-12H2,1H3. The molecule has 1 saturated heterocycles. The molecule has 0 radical (unpaired) electrons. The molecule has 3 heteroatoms. The van der Waals surface area contributed by atoms with Crippen molar-refractivity contribution in [1.29, 1.82) is 0 Å². The summed E-state index contributed by atoms with van der Waals surface area (Å²) in [5.41, 5.74) is 2.72. The molecule has 100 valence electrons. The molecule has 0 unspecified atom stereocenters. The Balaban J connectivity index is 2.08. The molecule has 0 atom stereocenters. The second-order valence-corrected chi connectivity index (χ2v) is 5.04. The first-order chi connectivity index (χ1) is 8.92. The molecule has 0 aromatic carbocycles. The Kier molecular flexibility index (Phi) is 5.46. The van der Waals surface area contributed by atoms with E-state index in [-0.39, 0.29) is 0 Å². The summed E-state index contributed by atoms with van der Waals surface area (Å²) in [6.45, 7) is 6.49. The Morgan fingerprint density at radius 2 is 1.89 bits per heavy atom. The van der Waals surface area contributed by atoms with Crippen LogP contribution in [0.25, 0.3) is 0 Å². The highest BCUT2D eigenvalue weighted by Crippen LogP contribution is 2.22. The third-order valence-corrected chi connectivity index (χ3v) is 3.65. The Morgan fingerprint density at radius 3 is 2.61 bits per heavy atom. The first-order valence-corrected chi connectivity index (χ1v) is 7.30. The predicted octanol–water partition coefficient (Wildman–Crippen LogP) is 2.96. The molecule has 0 saturated carbocycles. The van der Waals surface area contributed by atoms with E-state index in [2.05, 4.69) is 28.2 Å². The molecule has 0 bridgehead atoms. The minimum absolute atomic E-state index is 0.949. The number of hydrogen-bond acceptors (Lipinski definition) is 3. The molecule has 1 fully saturated rings. The van der Waals surface area contributed by atoms with Crippen LogP contribution >= 0.6 is 0 Å². The van der Waals surface area contributed by atoms with Crippen molar-refractivity contribution >= 4 is 5.69 Å². The van der Waals surface area contributed by atoms with Crippen LogP contribution in [0.2, 0.25) is 0 Å². The van der Waals surface area contributed by atoms with E-state index in [1.165, 1.54) is 56.4 Å². The fourth-order valence-electron chi connectivity index (χ4n) is 2.60. The van der Waals surface area contributed by atoms with E-state index in [9.17, 15) is 0 Å². The molecule has 1 aliphatic heterocycles. The van der Waals surface area contributed by atoms with Crippen LogP contribution in [0, 0.1) is 0 Å². The van der Waals surface area contributed by atoms with Crippen LogP contribution in [-0.2, 0) is 6.54 Å². The van der Waals surface area contributed by atoms with Crippen molar-refractivity contribution in [2.75, 3.05) is 24.5 Å². The molecule has 2 heterocycles. The smallest absolute Gasteiger partial charge is 0.0598 e. The number of nitrogens with one attached hydrogen (secondary N) is 1.